The lowest BCUT2D eigenvalue weighted by atomic mass is 10.1. The SMILES string of the molecule is Cc1ccccc1CCNCC(C)CCN. The molecule has 0 aliphatic carbocycles. The summed E-state index contributed by atoms with van der Waals surface area (Å²) in [5, 5.41) is 3.49. The van der Waals surface area contributed by atoms with E-state index in [2.05, 4.69) is 43.4 Å². The van der Waals surface area contributed by atoms with E-state index in [1.54, 1.807) is 0 Å². The van der Waals surface area contributed by atoms with Crippen molar-refractivity contribution in [3.05, 3.63) is 35.4 Å². The second-order valence-electron chi connectivity index (χ2n) is 4.56. The van der Waals surface area contributed by atoms with Crippen LogP contribution in [0, 0.1) is 12.8 Å². The Balaban J connectivity index is 2.19. The van der Waals surface area contributed by atoms with Crippen molar-refractivity contribution < 1.29 is 0 Å². The third-order valence-corrected chi connectivity index (χ3v) is 2.98. The summed E-state index contributed by atoms with van der Waals surface area (Å²) in [6.45, 7) is 7.34. The smallest absolute Gasteiger partial charge is 0.000814 e. The highest BCUT2D eigenvalue weighted by atomic mass is 14.8. The zero-order valence-electron chi connectivity index (χ0n) is 10.5. The van der Waals surface area contributed by atoms with Crippen molar-refractivity contribution >= 4 is 0 Å². The molecule has 90 valence electrons. The minimum Gasteiger partial charge on any atom is -0.330 e. The lowest BCUT2D eigenvalue weighted by Crippen LogP contribution is -2.25. The van der Waals surface area contributed by atoms with Gasteiger partial charge < -0.3 is 11.1 Å². The highest BCUT2D eigenvalue weighted by molar-refractivity contribution is 5.25. The minimum absolute atomic E-state index is 0.682. The van der Waals surface area contributed by atoms with Gasteiger partial charge in [0, 0.05) is 0 Å². The van der Waals surface area contributed by atoms with E-state index < -0.39 is 0 Å². The molecular weight excluding hydrogens is 196 g/mol. The third-order valence-electron chi connectivity index (χ3n) is 2.98. The zero-order chi connectivity index (χ0) is 11.8. The molecule has 0 heterocycles. The second-order valence-corrected chi connectivity index (χ2v) is 4.56. The summed E-state index contributed by atoms with van der Waals surface area (Å²) in [6.07, 6.45) is 2.22. The monoisotopic (exact) mass is 220 g/mol. The number of nitrogens with two attached hydrogens (primary N) is 1. The van der Waals surface area contributed by atoms with Crippen LogP contribution >= 0.6 is 0 Å². The van der Waals surface area contributed by atoms with Gasteiger partial charge in [-0.3, -0.25) is 0 Å². The van der Waals surface area contributed by atoms with Gasteiger partial charge in [-0.1, -0.05) is 31.2 Å². The van der Waals surface area contributed by atoms with Crippen molar-refractivity contribution in [3.8, 4) is 0 Å². The van der Waals surface area contributed by atoms with Gasteiger partial charge in [0.05, 0.1) is 0 Å². The van der Waals surface area contributed by atoms with Crippen LogP contribution in [0.1, 0.15) is 24.5 Å². The molecule has 0 aliphatic heterocycles. The Bertz CT molecular complexity index is 297. The lowest BCUT2D eigenvalue weighted by molar-refractivity contribution is 0.489. The molecule has 1 atom stereocenters. The maximum atomic E-state index is 5.52. The Labute approximate surface area is 99.2 Å². The molecule has 0 radical (unpaired) electrons. The second kappa shape index (κ2) is 7.42. The first-order valence-electron chi connectivity index (χ1n) is 6.19. The maximum Gasteiger partial charge on any atom is -0.000814 e. The van der Waals surface area contributed by atoms with Crippen LogP contribution in [0.4, 0.5) is 0 Å². The Kier molecular flexibility index (Phi) is 6.12. The molecule has 1 rings (SSSR count). The number of hydrogen-bond donors (Lipinski definition) is 2. The van der Waals surface area contributed by atoms with Gasteiger partial charge in [-0.2, -0.15) is 0 Å². The van der Waals surface area contributed by atoms with Crippen molar-refractivity contribution in [2.75, 3.05) is 19.6 Å². The molecule has 3 N–H and O–H groups in total. The molecule has 0 amide bonds. The molecule has 2 heteroatoms. The zero-order valence-corrected chi connectivity index (χ0v) is 10.5. The van der Waals surface area contributed by atoms with E-state index in [0.717, 1.165) is 32.5 Å². The first-order valence-corrected chi connectivity index (χ1v) is 6.19. The molecule has 0 spiro atoms. The molecule has 2 nitrogen and oxygen atoms in total. The summed E-state index contributed by atoms with van der Waals surface area (Å²) in [6, 6.07) is 8.58. The fourth-order valence-electron chi connectivity index (χ4n) is 1.85. The Morgan fingerprint density at radius 1 is 1.31 bits per heavy atom. The predicted octanol–water partition coefficient (Wildman–Crippen LogP) is 2.11. The Morgan fingerprint density at radius 3 is 2.75 bits per heavy atom. The van der Waals surface area contributed by atoms with Gasteiger partial charge in [-0.05, 0) is 56.4 Å². The van der Waals surface area contributed by atoms with E-state index in [-0.39, 0.29) is 0 Å². The molecule has 1 aromatic rings. The van der Waals surface area contributed by atoms with Crippen LogP contribution in [-0.4, -0.2) is 19.6 Å². The predicted molar refractivity (Wildman–Crippen MR) is 70.6 cm³/mol. The molecule has 0 aliphatic rings. The highest BCUT2D eigenvalue weighted by Gasteiger charge is 2.00. The van der Waals surface area contributed by atoms with Crippen LogP contribution in [0.15, 0.2) is 24.3 Å². The number of hydrogen-bond acceptors (Lipinski definition) is 2. The normalized spacial score (nSPS) is 12.7. The molecular formula is C14H24N2. The summed E-state index contributed by atoms with van der Waals surface area (Å²) in [5.74, 6) is 0.682. The van der Waals surface area contributed by atoms with E-state index >= 15 is 0 Å². The fourth-order valence-corrected chi connectivity index (χ4v) is 1.85. The standard InChI is InChI=1S/C14H24N2/c1-12(7-9-15)11-16-10-8-14-6-4-3-5-13(14)2/h3-6,12,16H,7-11,15H2,1-2H3. The summed E-state index contributed by atoms with van der Waals surface area (Å²) < 4.78 is 0. The van der Waals surface area contributed by atoms with E-state index in [1.165, 1.54) is 11.1 Å². The van der Waals surface area contributed by atoms with E-state index in [9.17, 15) is 0 Å². The molecule has 0 bridgehead atoms. The van der Waals surface area contributed by atoms with Gasteiger partial charge in [0.25, 0.3) is 0 Å². The van der Waals surface area contributed by atoms with Crippen LogP contribution in [-0.2, 0) is 6.42 Å². The topological polar surface area (TPSA) is 38.0 Å². The van der Waals surface area contributed by atoms with Gasteiger partial charge >= 0.3 is 0 Å². The summed E-state index contributed by atoms with van der Waals surface area (Å²) in [7, 11) is 0. The number of rotatable bonds is 7. The summed E-state index contributed by atoms with van der Waals surface area (Å²) >= 11 is 0. The van der Waals surface area contributed by atoms with Crippen molar-refractivity contribution in [3.63, 3.8) is 0 Å². The summed E-state index contributed by atoms with van der Waals surface area (Å²) in [5.41, 5.74) is 8.35. The van der Waals surface area contributed by atoms with Crippen LogP contribution in [0.3, 0.4) is 0 Å². The van der Waals surface area contributed by atoms with Crippen LogP contribution in [0.25, 0.3) is 0 Å². The van der Waals surface area contributed by atoms with Crippen LogP contribution < -0.4 is 11.1 Å². The minimum atomic E-state index is 0.682. The Morgan fingerprint density at radius 2 is 2.06 bits per heavy atom. The van der Waals surface area contributed by atoms with Crippen molar-refractivity contribution in [2.45, 2.75) is 26.7 Å². The van der Waals surface area contributed by atoms with Crippen LogP contribution in [0.2, 0.25) is 0 Å². The van der Waals surface area contributed by atoms with Crippen molar-refractivity contribution in [1.29, 1.82) is 0 Å². The molecule has 0 saturated heterocycles. The lowest BCUT2D eigenvalue weighted by Gasteiger charge is -2.11. The molecule has 0 saturated carbocycles. The molecule has 1 unspecified atom stereocenters. The average molecular weight is 220 g/mol. The fraction of sp³-hybridized carbons (Fsp3) is 0.571. The molecule has 0 aromatic heterocycles. The maximum absolute atomic E-state index is 5.52. The van der Waals surface area contributed by atoms with Crippen LogP contribution in [0.5, 0.6) is 0 Å². The number of nitrogens with one attached hydrogen (secondary N) is 1. The van der Waals surface area contributed by atoms with Gasteiger partial charge in [0.2, 0.25) is 0 Å². The van der Waals surface area contributed by atoms with Crippen molar-refractivity contribution in [2.24, 2.45) is 11.7 Å². The first kappa shape index (κ1) is 13.2. The van der Waals surface area contributed by atoms with E-state index in [0.29, 0.717) is 5.92 Å². The number of benzene rings is 1. The highest BCUT2D eigenvalue weighted by Crippen LogP contribution is 2.07. The average Bonchev–Trinajstić information content (AvgIpc) is 2.27. The molecule has 1 aromatic carbocycles. The van der Waals surface area contributed by atoms with Gasteiger partial charge in [0.15, 0.2) is 0 Å². The molecule has 0 fully saturated rings. The van der Waals surface area contributed by atoms with E-state index in [1.807, 2.05) is 0 Å². The first-order chi connectivity index (χ1) is 7.74. The quantitative estimate of drug-likeness (QED) is 0.691. The third kappa shape index (κ3) is 4.77. The number of aryl methyl sites for hydroxylation is 1. The Hall–Kier alpha value is -0.860. The van der Waals surface area contributed by atoms with Gasteiger partial charge in [-0.15, -0.1) is 0 Å². The summed E-state index contributed by atoms with van der Waals surface area (Å²) in [4.78, 5) is 0. The van der Waals surface area contributed by atoms with Crippen molar-refractivity contribution in [1.82, 2.24) is 5.32 Å². The largest absolute Gasteiger partial charge is 0.330 e. The van der Waals surface area contributed by atoms with Gasteiger partial charge in [-0.25, -0.2) is 0 Å². The van der Waals surface area contributed by atoms with E-state index in [4.69, 9.17) is 5.73 Å². The van der Waals surface area contributed by atoms with Gasteiger partial charge in [0.1, 0.15) is 0 Å². The molecule has 16 heavy (non-hydrogen) atoms.